The molecule has 0 aliphatic heterocycles. The molecular weight excluding hydrogens is 295 g/mol. The van der Waals surface area contributed by atoms with Crippen LogP contribution < -0.4 is 5.73 Å². The molecule has 2 rings (SSSR count). The average Bonchev–Trinajstić information content (AvgIpc) is 2.41. The number of carbonyl (C=O) groups excluding carboxylic acids is 1. The molecule has 0 saturated carbocycles. The molecule has 20 heavy (non-hydrogen) atoms. The van der Waals surface area contributed by atoms with E-state index in [1.54, 1.807) is 36.2 Å². The lowest BCUT2D eigenvalue weighted by Crippen LogP contribution is -2.26. The van der Waals surface area contributed by atoms with Crippen molar-refractivity contribution in [3.05, 3.63) is 63.6 Å². The molecule has 104 valence electrons. The third kappa shape index (κ3) is 3.44. The minimum atomic E-state index is -0.119. The second-order valence-corrected chi connectivity index (χ2v) is 5.37. The van der Waals surface area contributed by atoms with Crippen molar-refractivity contribution in [3.8, 4) is 0 Å². The normalized spacial score (nSPS) is 10.3. The molecule has 0 aromatic heterocycles. The molecule has 2 aromatic carbocycles. The van der Waals surface area contributed by atoms with Crippen LogP contribution in [0.5, 0.6) is 0 Å². The van der Waals surface area contributed by atoms with Gasteiger partial charge in [-0.25, -0.2) is 0 Å². The summed E-state index contributed by atoms with van der Waals surface area (Å²) in [5.41, 5.74) is 7.57. The van der Waals surface area contributed by atoms with Gasteiger partial charge in [0.1, 0.15) is 0 Å². The number of nitrogens with two attached hydrogens (primary N) is 1. The number of hydrogen-bond acceptors (Lipinski definition) is 2. The highest BCUT2D eigenvalue weighted by Crippen LogP contribution is 2.21. The Bertz CT molecular complexity index is 644. The van der Waals surface area contributed by atoms with Crippen molar-refractivity contribution in [2.24, 2.45) is 0 Å². The predicted molar refractivity (Wildman–Crippen MR) is 83.1 cm³/mol. The van der Waals surface area contributed by atoms with E-state index < -0.39 is 0 Å². The molecule has 5 heteroatoms. The lowest BCUT2D eigenvalue weighted by molar-refractivity contribution is 0.0785. The second-order valence-electron chi connectivity index (χ2n) is 4.53. The summed E-state index contributed by atoms with van der Waals surface area (Å²) in [5, 5.41) is 1.03. The number of hydrogen-bond donors (Lipinski definition) is 1. The summed E-state index contributed by atoms with van der Waals surface area (Å²) in [6.45, 7) is 0.474. The number of nitrogen functional groups attached to an aromatic ring is 1. The van der Waals surface area contributed by atoms with E-state index in [9.17, 15) is 4.79 Å². The van der Waals surface area contributed by atoms with Crippen LogP contribution in [0.4, 0.5) is 5.69 Å². The topological polar surface area (TPSA) is 46.3 Å². The molecule has 0 atom stereocenters. The molecule has 0 aliphatic rings. The zero-order valence-electron chi connectivity index (χ0n) is 10.9. The number of anilines is 1. The molecular formula is C15H14Cl2N2O. The molecule has 0 aliphatic carbocycles. The van der Waals surface area contributed by atoms with Gasteiger partial charge in [0, 0.05) is 24.2 Å². The van der Waals surface area contributed by atoms with Gasteiger partial charge in [0.2, 0.25) is 0 Å². The summed E-state index contributed by atoms with van der Waals surface area (Å²) in [6.07, 6.45) is 0. The molecule has 2 aromatic rings. The maximum absolute atomic E-state index is 12.3. The molecule has 2 N–H and O–H groups in total. The minimum Gasteiger partial charge on any atom is -0.398 e. The predicted octanol–water partition coefficient (Wildman–Crippen LogP) is 3.85. The first kappa shape index (κ1) is 14.7. The Balaban J connectivity index is 2.14. The Kier molecular flexibility index (Phi) is 4.53. The molecule has 0 bridgehead atoms. The van der Waals surface area contributed by atoms with Crippen LogP contribution in [-0.2, 0) is 6.54 Å². The second kappa shape index (κ2) is 6.16. The van der Waals surface area contributed by atoms with Gasteiger partial charge in [-0.2, -0.15) is 0 Å². The highest BCUT2D eigenvalue weighted by molar-refractivity contribution is 6.33. The monoisotopic (exact) mass is 308 g/mol. The van der Waals surface area contributed by atoms with Gasteiger partial charge in [-0.15, -0.1) is 0 Å². The molecule has 0 heterocycles. The van der Waals surface area contributed by atoms with Crippen molar-refractivity contribution < 1.29 is 4.79 Å². The first-order valence-electron chi connectivity index (χ1n) is 6.02. The SMILES string of the molecule is CN(Cc1cccc(Cl)c1)C(=O)c1ccc(N)c(Cl)c1. The Labute approximate surface area is 127 Å². The quantitative estimate of drug-likeness (QED) is 0.875. The molecule has 0 spiro atoms. The van der Waals surface area contributed by atoms with Crippen LogP contribution in [0, 0.1) is 0 Å². The largest absolute Gasteiger partial charge is 0.398 e. The number of nitrogens with zero attached hydrogens (tertiary/aromatic N) is 1. The summed E-state index contributed by atoms with van der Waals surface area (Å²) < 4.78 is 0. The Morgan fingerprint density at radius 1 is 1.20 bits per heavy atom. The van der Waals surface area contributed by atoms with E-state index in [1.807, 2.05) is 18.2 Å². The van der Waals surface area contributed by atoms with Crippen LogP contribution in [-0.4, -0.2) is 17.9 Å². The minimum absolute atomic E-state index is 0.119. The van der Waals surface area contributed by atoms with Crippen molar-refractivity contribution in [3.63, 3.8) is 0 Å². The number of rotatable bonds is 3. The van der Waals surface area contributed by atoms with E-state index in [-0.39, 0.29) is 5.91 Å². The first-order valence-corrected chi connectivity index (χ1v) is 6.78. The molecule has 0 unspecified atom stereocenters. The zero-order chi connectivity index (χ0) is 14.7. The van der Waals surface area contributed by atoms with E-state index in [1.165, 1.54) is 0 Å². The van der Waals surface area contributed by atoms with Gasteiger partial charge in [0.05, 0.1) is 10.7 Å². The van der Waals surface area contributed by atoms with Crippen LogP contribution in [0.25, 0.3) is 0 Å². The highest BCUT2D eigenvalue weighted by atomic mass is 35.5. The fourth-order valence-electron chi connectivity index (χ4n) is 1.86. The molecule has 3 nitrogen and oxygen atoms in total. The fourth-order valence-corrected chi connectivity index (χ4v) is 2.25. The molecule has 0 radical (unpaired) electrons. The molecule has 0 saturated heterocycles. The van der Waals surface area contributed by atoms with Gasteiger partial charge >= 0.3 is 0 Å². The summed E-state index contributed by atoms with van der Waals surface area (Å²) in [5.74, 6) is -0.119. The third-order valence-electron chi connectivity index (χ3n) is 2.90. The van der Waals surface area contributed by atoms with Gasteiger partial charge < -0.3 is 10.6 Å². The van der Waals surface area contributed by atoms with Crippen molar-refractivity contribution in [2.45, 2.75) is 6.54 Å². The van der Waals surface area contributed by atoms with Crippen LogP contribution in [0.1, 0.15) is 15.9 Å². The van der Waals surface area contributed by atoms with Crippen LogP contribution >= 0.6 is 23.2 Å². The van der Waals surface area contributed by atoms with Gasteiger partial charge in [0.25, 0.3) is 5.91 Å². The van der Waals surface area contributed by atoms with Gasteiger partial charge in [-0.1, -0.05) is 35.3 Å². The summed E-state index contributed by atoms with van der Waals surface area (Å²) in [7, 11) is 1.73. The summed E-state index contributed by atoms with van der Waals surface area (Å²) >= 11 is 11.9. The van der Waals surface area contributed by atoms with Gasteiger partial charge in [0.15, 0.2) is 0 Å². The lowest BCUT2D eigenvalue weighted by atomic mass is 10.1. The van der Waals surface area contributed by atoms with Crippen LogP contribution in [0.15, 0.2) is 42.5 Å². The van der Waals surface area contributed by atoms with E-state index >= 15 is 0 Å². The number of benzene rings is 2. The van der Waals surface area contributed by atoms with E-state index in [4.69, 9.17) is 28.9 Å². The van der Waals surface area contributed by atoms with Crippen LogP contribution in [0.3, 0.4) is 0 Å². The van der Waals surface area contributed by atoms with Crippen molar-refractivity contribution >= 4 is 34.8 Å². The first-order chi connectivity index (χ1) is 9.47. The van der Waals surface area contributed by atoms with Crippen molar-refractivity contribution in [1.82, 2.24) is 4.90 Å². The molecule has 0 fully saturated rings. The highest BCUT2D eigenvalue weighted by Gasteiger charge is 2.13. The number of halogens is 2. The average molecular weight is 309 g/mol. The van der Waals surface area contributed by atoms with Gasteiger partial charge in [-0.05, 0) is 35.9 Å². The smallest absolute Gasteiger partial charge is 0.253 e. The van der Waals surface area contributed by atoms with Gasteiger partial charge in [-0.3, -0.25) is 4.79 Å². The summed E-state index contributed by atoms with van der Waals surface area (Å²) in [4.78, 5) is 13.9. The van der Waals surface area contributed by atoms with E-state index in [0.29, 0.717) is 27.8 Å². The van der Waals surface area contributed by atoms with E-state index in [2.05, 4.69) is 0 Å². The Morgan fingerprint density at radius 2 is 1.95 bits per heavy atom. The fraction of sp³-hybridized carbons (Fsp3) is 0.133. The summed E-state index contributed by atoms with van der Waals surface area (Å²) in [6, 6.07) is 12.3. The Morgan fingerprint density at radius 3 is 2.60 bits per heavy atom. The van der Waals surface area contributed by atoms with E-state index in [0.717, 1.165) is 5.56 Å². The van der Waals surface area contributed by atoms with Crippen LogP contribution in [0.2, 0.25) is 10.0 Å². The molecule has 1 amide bonds. The zero-order valence-corrected chi connectivity index (χ0v) is 12.4. The Hall–Kier alpha value is -1.71. The van der Waals surface area contributed by atoms with Crippen molar-refractivity contribution in [2.75, 3.05) is 12.8 Å². The number of carbonyl (C=O) groups is 1. The third-order valence-corrected chi connectivity index (χ3v) is 3.47. The number of amides is 1. The maximum atomic E-state index is 12.3. The van der Waals surface area contributed by atoms with Crippen molar-refractivity contribution in [1.29, 1.82) is 0 Å². The standard InChI is InChI=1S/C15H14Cl2N2O/c1-19(9-10-3-2-4-12(16)7-10)15(20)11-5-6-14(18)13(17)8-11/h2-8H,9,18H2,1H3. The lowest BCUT2D eigenvalue weighted by Gasteiger charge is -2.18. The maximum Gasteiger partial charge on any atom is 0.253 e.